The summed E-state index contributed by atoms with van der Waals surface area (Å²) in [5.41, 5.74) is 5.75. The number of ether oxygens (including phenoxy) is 1. The molecule has 0 saturated carbocycles. The molecule has 7 heterocycles. The fourth-order valence-corrected chi connectivity index (χ4v) is 15.3. The molecule has 0 radical (unpaired) electrons. The van der Waals surface area contributed by atoms with E-state index in [4.69, 9.17) is 14.7 Å². The monoisotopic (exact) mass is 1080 g/mol. The van der Waals surface area contributed by atoms with Crippen LogP contribution in [0, 0.1) is 17.6 Å². The van der Waals surface area contributed by atoms with Gasteiger partial charge in [-0.25, -0.2) is 13.8 Å². The Kier molecular flexibility index (Phi) is 15.1. The number of fused-ring (bicyclic) bond motifs is 1. The highest BCUT2D eigenvalue weighted by molar-refractivity contribution is 9.10. The molecule has 0 spiro atoms. The lowest BCUT2D eigenvalue weighted by atomic mass is 9.89. The van der Waals surface area contributed by atoms with E-state index in [0.717, 1.165) is 104 Å². The van der Waals surface area contributed by atoms with Crippen molar-refractivity contribution in [2.24, 2.45) is 5.92 Å². The maximum atomic E-state index is 15.3. The van der Waals surface area contributed by atoms with Crippen molar-refractivity contribution in [3.05, 3.63) is 87.7 Å². The third-order valence-electron chi connectivity index (χ3n) is 15.6. The van der Waals surface area contributed by atoms with E-state index >= 15 is 8.78 Å². The van der Waals surface area contributed by atoms with E-state index in [1.165, 1.54) is 17.7 Å². The van der Waals surface area contributed by atoms with Crippen LogP contribution in [0.15, 0.2) is 59.2 Å². The van der Waals surface area contributed by atoms with Crippen LogP contribution in [-0.4, -0.2) is 120 Å². The molecule has 2 aromatic heterocycles. The molecule has 19 heteroatoms. The number of aryl methyl sites for hydroxylation is 2. The third-order valence-corrected chi connectivity index (χ3v) is 19.5. The van der Waals surface area contributed by atoms with E-state index in [0.29, 0.717) is 85.2 Å². The van der Waals surface area contributed by atoms with E-state index in [1.54, 1.807) is 6.20 Å². The summed E-state index contributed by atoms with van der Waals surface area (Å²) in [4.78, 5) is 61.0. The number of aromatic nitrogens is 3. The van der Waals surface area contributed by atoms with Crippen LogP contribution in [0.2, 0.25) is 0 Å². The molecular weight excluding hydrogens is 1020 g/mol. The first-order valence-electron chi connectivity index (χ1n) is 26.1. The van der Waals surface area contributed by atoms with Crippen LogP contribution < -0.4 is 35.8 Å². The molecule has 1 unspecified atom stereocenters. The van der Waals surface area contributed by atoms with Crippen molar-refractivity contribution >= 4 is 91.5 Å². The van der Waals surface area contributed by atoms with Crippen molar-refractivity contribution in [2.75, 3.05) is 91.7 Å². The molecule has 3 amide bonds. The lowest BCUT2D eigenvalue weighted by Crippen LogP contribution is -2.55. The Balaban J connectivity index is 0.758. The van der Waals surface area contributed by atoms with Gasteiger partial charge in [-0.1, -0.05) is 19.9 Å². The zero-order valence-electron chi connectivity index (χ0n) is 41.8. The van der Waals surface area contributed by atoms with Gasteiger partial charge in [-0.2, -0.15) is 4.98 Å². The molecule has 3 aromatic carbocycles. The van der Waals surface area contributed by atoms with Crippen molar-refractivity contribution in [3.63, 3.8) is 0 Å². The predicted molar refractivity (Wildman–Crippen MR) is 286 cm³/mol. The fourth-order valence-electron chi connectivity index (χ4n) is 11.7. The normalized spacial score (nSPS) is 20.7. The number of piperidine rings is 2. The number of carbonyl (C=O) groups is 3. The lowest BCUT2D eigenvalue weighted by Gasteiger charge is -2.44. The molecule has 5 aromatic rings. The summed E-state index contributed by atoms with van der Waals surface area (Å²) in [6.45, 7) is 12.2. The van der Waals surface area contributed by atoms with Crippen molar-refractivity contribution in [2.45, 2.75) is 90.5 Å². The first kappa shape index (κ1) is 50.8. The number of amides is 3. The van der Waals surface area contributed by atoms with E-state index in [1.807, 2.05) is 34.9 Å². The molecule has 2 atom stereocenters. The summed E-state index contributed by atoms with van der Waals surface area (Å²) < 4.78 is 52.2. The number of hydrogen-bond acceptors (Lipinski definition) is 13. The van der Waals surface area contributed by atoms with Crippen LogP contribution in [0.5, 0.6) is 5.75 Å². The van der Waals surface area contributed by atoms with Gasteiger partial charge in [0.1, 0.15) is 30.3 Å². The summed E-state index contributed by atoms with van der Waals surface area (Å²) in [7, 11) is -2.67. The average molecular weight is 1080 g/mol. The second-order valence-corrected chi connectivity index (χ2v) is 23.9. The summed E-state index contributed by atoms with van der Waals surface area (Å²) >= 11 is 3.68. The molecule has 0 bridgehead atoms. The number of imide groups is 1. The summed E-state index contributed by atoms with van der Waals surface area (Å²) in [6, 6.07) is 15.3. The zero-order valence-corrected chi connectivity index (χ0v) is 44.3. The molecule has 10 rings (SSSR count). The summed E-state index contributed by atoms with van der Waals surface area (Å²) in [5.74, 6) is -2.37. The third kappa shape index (κ3) is 10.5. The zero-order chi connectivity index (χ0) is 51.0. The van der Waals surface area contributed by atoms with Crippen molar-refractivity contribution in [3.8, 4) is 5.75 Å². The molecule has 3 N–H and O–H groups in total. The molecule has 5 aliphatic rings. The van der Waals surface area contributed by atoms with Gasteiger partial charge in [0.05, 0.1) is 39.8 Å². The summed E-state index contributed by atoms with van der Waals surface area (Å²) in [6.07, 6.45) is 9.25. The van der Waals surface area contributed by atoms with Gasteiger partial charge in [0.2, 0.25) is 23.7 Å². The van der Waals surface area contributed by atoms with Crippen molar-refractivity contribution < 1.29 is 32.5 Å². The Labute approximate surface area is 433 Å². The molecule has 73 heavy (non-hydrogen) atoms. The number of anilines is 6. The highest BCUT2D eigenvalue weighted by Gasteiger charge is 2.38. The highest BCUT2D eigenvalue weighted by atomic mass is 79.9. The minimum absolute atomic E-state index is 0.0273. The standard InChI is InChI=1S/C54H64BrF2N10O5P/c1-4-33-27-45(61-54-58-31-40(55)51(63-54)60-44-13-12-43-38(10-9-35(5-2)59-43)50(44)73(71)25-7-8-26-73)47(72-6-3)30-46(33)65-19-16-36(17-20-65)64-21-23-66(24-22-64)53(70)34-15-18-67(32-34)37-28-41(56)49(42(57)29-37)39-11-14-48(68)62-52(39)69/h9-10,12-13,27-31,34,36,39H,4-8,11,14-26,32H2,1-3H3,(H,62,68,69)(H2,58,60,61,63)/t34-,39?/m1/s1. The molecule has 386 valence electrons. The van der Waals surface area contributed by atoms with E-state index in [2.05, 4.69) is 78.7 Å². The molecule has 5 saturated heterocycles. The average Bonchev–Trinajstić information content (AvgIpc) is 4.08. The Hall–Kier alpha value is -5.71. The van der Waals surface area contributed by atoms with Crippen molar-refractivity contribution in [1.29, 1.82) is 0 Å². The Morgan fingerprint density at radius 1 is 0.849 bits per heavy atom. The summed E-state index contributed by atoms with van der Waals surface area (Å²) in [5, 5.41) is 11.0. The van der Waals surface area contributed by atoms with Gasteiger partial charge in [0.15, 0.2) is 0 Å². The number of pyridine rings is 1. The number of hydrogen-bond donors (Lipinski definition) is 3. The Morgan fingerprint density at radius 2 is 1.59 bits per heavy atom. The molecule has 5 fully saturated rings. The molecular formula is C54H64BrF2N10O5P. The van der Waals surface area contributed by atoms with E-state index in [-0.39, 0.29) is 30.2 Å². The van der Waals surface area contributed by atoms with Gasteiger partial charge in [-0.3, -0.25) is 29.6 Å². The number of benzene rings is 3. The van der Waals surface area contributed by atoms with Gasteiger partial charge < -0.3 is 34.6 Å². The van der Waals surface area contributed by atoms with Gasteiger partial charge in [-0.15, -0.1) is 0 Å². The minimum Gasteiger partial charge on any atom is -0.492 e. The Bertz CT molecular complexity index is 2950. The highest BCUT2D eigenvalue weighted by Crippen LogP contribution is 2.54. The number of carbonyl (C=O) groups excluding carboxylic acids is 3. The smallest absolute Gasteiger partial charge is 0.234 e. The molecule has 15 nitrogen and oxygen atoms in total. The SMILES string of the molecule is CCOc1cc(N2CCC(N3CCN(C(=O)[C@@H]4CCN(c5cc(F)c(C6CCC(=O)NC6=O)c(F)c5)C4)CC3)CC2)c(CC)cc1Nc1ncc(Br)c(Nc2ccc3nc(CC)ccc3c2P2(=O)CCCC2)n1. The minimum atomic E-state index is -2.67. The van der Waals surface area contributed by atoms with Crippen LogP contribution in [0.3, 0.4) is 0 Å². The Morgan fingerprint density at radius 3 is 2.29 bits per heavy atom. The first-order chi connectivity index (χ1) is 35.3. The quantitative estimate of drug-likeness (QED) is 0.0714. The lowest BCUT2D eigenvalue weighted by molar-refractivity contribution is -0.137. The van der Waals surface area contributed by atoms with Crippen LogP contribution >= 0.6 is 23.1 Å². The predicted octanol–water partition coefficient (Wildman–Crippen LogP) is 9.02. The molecule has 0 aliphatic carbocycles. The number of rotatable bonds is 14. The van der Waals surface area contributed by atoms with Crippen LogP contribution in [0.4, 0.5) is 43.3 Å². The molecule has 5 aliphatic heterocycles. The van der Waals surface area contributed by atoms with E-state index < -0.39 is 36.5 Å². The number of piperazine rings is 1. The fraction of sp³-hybridized carbons (Fsp3) is 0.481. The topological polar surface area (TPSA) is 165 Å². The number of nitrogens with zero attached hydrogens (tertiary/aromatic N) is 7. The maximum absolute atomic E-state index is 15.3. The number of nitrogens with one attached hydrogen (secondary N) is 3. The van der Waals surface area contributed by atoms with Crippen LogP contribution in [-0.2, 0) is 31.8 Å². The number of halogens is 3. The largest absolute Gasteiger partial charge is 0.492 e. The van der Waals surface area contributed by atoms with Crippen LogP contribution in [0.25, 0.3) is 10.9 Å². The maximum Gasteiger partial charge on any atom is 0.234 e. The first-order valence-corrected chi connectivity index (χ1v) is 28.9. The second-order valence-electron chi connectivity index (χ2n) is 20.0. The van der Waals surface area contributed by atoms with Gasteiger partial charge in [0.25, 0.3) is 0 Å². The van der Waals surface area contributed by atoms with Gasteiger partial charge in [-0.05, 0) is 116 Å². The van der Waals surface area contributed by atoms with Gasteiger partial charge >= 0.3 is 0 Å². The van der Waals surface area contributed by atoms with Crippen molar-refractivity contribution in [1.82, 2.24) is 30.1 Å². The van der Waals surface area contributed by atoms with E-state index in [9.17, 15) is 18.9 Å². The van der Waals surface area contributed by atoms with Crippen LogP contribution in [0.1, 0.15) is 88.5 Å². The van der Waals surface area contributed by atoms with Gasteiger partial charge in [0, 0.05) is 123 Å². The second kappa shape index (κ2) is 21.6.